The van der Waals surface area contributed by atoms with E-state index in [1.807, 2.05) is 18.2 Å². The van der Waals surface area contributed by atoms with Crippen LogP contribution in [0.1, 0.15) is 20.3 Å². The van der Waals surface area contributed by atoms with Crippen LogP contribution in [-0.2, 0) is 4.74 Å². The smallest absolute Gasteiger partial charge is 0.195 e. The molecule has 2 N–H and O–H groups in total. The molecule has 2 aliphatic heterocycles. The molecule has 2 aliphatic rings. The van der Waals surface area contributed by atoms with Crippen molar-refractivity contribution in [1.82, 2.24) is 10.2 Å². The molecule has 1 fully saturated rings. The summed E-state index contributed by atoms with van der Waals surface area (Å²) in [6.07, 6.45) is 0.905. The molecule has 0 spiro atoms. The number of hydrogen-bond donors (Lipinski definition) is 2. The predicted molar refractivity (Wildman–Crippen MR) is 123 cm³/mol. The van der Waals surface area contributed by atoms with E-state index in [1.54, 1.807) is 0 Å². The van der Waals surface area contributed by atoms with Gasteiger partial charge in [-0.05, 0) is 25.0 Å². The third-order valence-corrected chi connectivity index (χ3v) is 4.59. The molecule has 0 saturated carbocycles. The molecule has 7 nitrogen and oxygen atoms in total. The lowest BCUT2D eigenvalue weighted by atomic mass is 10.1. The second-order valence-corrected chi connectivity index (χ2v) is 7.07. The highest BCUT2D eigenvalue weighted by molar-refractivity contribution is 14.0. The third kappa shape index (κ3) is 7.29. The number of benzene rings is 1. The van der Waals surface area contributed by atoms with Gasteiger partial charge in [-0.2, -0.15) is 0 Å². The lowest BCUT2D eigenvalue weighted by molar-refractivity contribution is 0.0323. The summed E-state index contributed by atoms with van der Waals surface area (Å²) in [4.78, 5) is 7.22. The first-order chi connectivity index (χ1) is 13.2. The van der Waals surface area contributed by atoms with Gasteiger partial charge in [0.05, 0.1) is 26.4 Å². The maximum atomic E-state index is 5.77. The van der Waals surface area contributed by atoms with Crippen LogP contribution in [0.3, 0.4) is 0 Å². The van der Waals surface area contributed by atoms with E-state index in [4.69, 9.17) is 19.2 Å². The predicted octanol–water partition coefficient (Wildman–Crippen LogP) is 2.81. The van der Waals surface area contributed by atoms with Crippen LogP contribution in [0.25, 0.3) is 0 Å². The zero-order chi connectivity index (χ0) is 18.9. The van der Waals surface area contributed by atoms with Gasteiger partial charge in [-0.3, -0.25) is 9.89 Å². The van der Waals surface area contributed by atoms with Crippen molar-refractivity contribution in [3.63, 3.8) is 0 Å². The Morgan fingerprint density at radius 3 is 2.64 bits per heavy atom. The molecule has 0 bridgehead atoms. The van der Waals surface area contributed by atoms with Gasteiger partial charge in [0.25, 0.3) is 0 Å². The number of morpholine rings is 1. The summed E-state index contributed by atoms with van der Waals surface area (Å²) in [7, 11) is 0. The van der Waals surface area contributed by atoms with Crippen LogP contribution in [0.15, 0.2) is 23.2 Å². The summed E-state index contributed by atoms with van der Waals surface area (Å²) in [5.74, 6) is 2.87. The molecule has 0 radical (unpaired) electrons. The van der Waals surface area contributed by atoms with Crippen LogP contribution in [-0.4, -0.2) is 70.0 Å². The van der Waals surface area contributed by atoms with E-state index < -0.39 is 0 Å². The topological polar surface area (TPSA) is 67.4 Å². The number of rotatable bonds is 6. The summed E-state index contributed by atoms with van der Waals surface area (Å²) in [5, 5.41) is 6.69. The van der Waals surface area contributed by atoms with E-state index in [2.05, 4.69) is 29.4 Å². The monoisotopic (exact) mass is 504 g/mol. The maximum Gasteiger partial charge on any atom is 0.195 e. The summed E-state index contributed by atoms with van der Waals surface area (Å²) >= 11 is 0. The Balaban J connectivity index is 0.00000280. The quantitative estimate of drug-likeness (QED) is 0.353. The van der Waals surface area contributed by atoms with Gasteiger partial charge in [-0.1, -0.05) is 6.92 Å². The lowest BCUT2D eigenvalue weighted by Gasteiger charge is -2.28. The van der Waals surface area contributed by atoms with E-state index in [0.717, 1.165) is 75.5 Å². The van der Waals surface area contributed by atoms with E-state index in [0.29, 0.717) is 19.1 Å². The molecule has 158 valence electrons. The summed E-state index contributed by atoms with van der Waals surface area (Å²) < 4.78 is 16.9. The number of hydrogen-bond acceptors (Lipinski definition) is 5. The molecule has 0 aliphatic carbocycles. The first kappa shape index (κ1) is 23.0. The van der Waals surface area contributed by atoms with E-state index in [1.165, 1.54) is 0 Å². The fourth-order valence-corrected chi connectivity index (χ4v) is 3.21. The molecular formula is C20H33IN4O3. The Bertz CT molecular complexity index is 623. The second-order valence-electron chi connectivity index (χ2n) is 7.07. The molecule has 1 unspecified atom stereocenters. The normalized spacial score (nSPS) is 18.6. The number of anilines is 1. The van der Waals surface area contributed by atoms with Crippen molar-refractivity contribution in [2.24, 2.45) is 10.9 Å². The Kier molecular flexibility index (Phi) is 10.1. The Morgan fingerprint density at radius 1 is 1.14 bits per heavy atom. The maximum absolute atomic E-state index is 5.77. The highest BCUT2D eigenvalue weighted by Gasteiger charge is 2.14. The van der Waals surface area contributed by atoms with Gasteiger partial charge < -0.3 is 24.8 Å². The van der Waals surface area contributed by atoms with Crippen LogP contribution < -0.4 is 20.1 Å². The standard InChI is InChI=1S/C20H32N4O3.HI/c1-3-21-20(22-14-16(2)15-24-7-11-25-12-8-24)23-17-5-6-18-19(13-17)27-10-4-9-26-18;/h5-6,13,16H,3-4,7-12,14-15H2,1-2H3,(H2,21,22,23);1H. The number of ether oxygens (including phenoxy) is 3. The number of nitrogens with one attached hydrogen (secondary N) is 2. The molecule has 28 heavy (non-hydrogen) atoms. The molecule has 0 aromatic heterocycles. The average Bonchev–Trinajstić information content (AvgIpc) is 2.92. The average molecular weight is 504 g/mol. The number of aliphatic imine (C=N–C) groups is 1. The van der Waals surface area contributed by atoms with E-state index in [-0.39, 0.29) is 24.0 Å². The van der Waals surface area contributed by atoms with Crippen molar-refractivity contribution in [3.8, 4) is 11.5 Å². The largest absolute Gasteiger partial charge is 0.490 e. The van der Waals surface area contributed by atoms with Gasteiger partial charge in [0.1, 0.15) is 0 Å². The van der Waals surface area contributed by atoms with Crippen LogP contribution in [0.2, 0.25) is 0 Å². The van der Waals surface area contributed by atoms with Crippen LogP contribution >= 0.6 is 24.0 Å². The molecule has 2 heterocycles. The lowest BCUT2D eigenvalue weighted by Crippen LogP contribution is -2.39. The molecule has 1 saturated heterocycles. The zero-order valence-corrected chi connectivity index (χ0v) is 19.2. The van der Waals surface area contributed by atoms with Crippen molar-refractivity contribution in [2.75, 3.05) is 64.5 Å². The highest BCUT2D eigenvalue weighted by atomic mass is 127. The number of nitrogens with zero attached hydrogens (tertiary/aromatic N) is 2. The fourth-order valence-electron chi connectivity index (χ4n) is 3.21. The van der Waals surface area contributed by atoms with Gasteiger partial charge >= 0.3 is 0 Å². The van der Waals surface area contributed by atoms with Gasteiger partial charge in [0, 0.05) is 50.9 Å². The summed E-state index contributed by atoms with van der Waals surface area (Å²) in [6, 6.07) is 5.93. The molecule has 8 heteroatoms. The van der Waals surface area contributed by atoms with Gasteiger partial charge in [-0.25, -0.2) is 0 Å². The minimum Gasteiger partial charge on any atom is -0.490 e. The Morgan fingerprint density at radius 2 is 1.89 bits per heavy atom. The molecule has 1 atom stereocenters. The van der Waals surface area contributed by atoms with Crippen molar-refractivity contribution < 1.29 is 14.2 Å². The first-order valence-electron chi connectivity index (χ1n) is 9.99. The van der Waals surface area contributed by atoms with Crippen molar-refractivity contribution >= 4 is 35.6 Å². The van der Waals surface area contributed by atoms with Gasteiger partial charge in [-0.15, -0.1) is 24.0 Å². The molecular weight excluding hydrogens is 471 g/mol. The number of guanidine groups is 1. The molecule has 0 amide bonds. The Hall–Kier alpha value is -1.26. The summed E-state index contributed by atoms with van der Waals surface area (Å²) in [6.45, 7) is 12.1. The van der Waals surface area contributed by atoms with E-state index >= 15 is 0 Å². The van der Waals surface area contributed by atoms with Crippen molar-refractivity contribution in [3.05, 3.63) is 18.2 Å². The minimum absolute atomic E-state index is 0. The van der Waals surface area contributed by atoms with E-state index in [9.17, 15) is 0 Å². The number of halogens is 1. The van der Waals surface area contributed by atoms with Crippen LogP contribution in [0.5, 0.6) is 11.5 Å². The summed E-state index contributed by atoms with van der Waals surface area (Å²) in [5.41, 5.74) is 0.944. The van der Waals surface area contributed by atoms with Gasteiger partial charge in [0.2, 0.25) is 0 Å². The van der Waals surface area contributed by atoms with Crippen molar-refractivity contribution in [1.29, 1.82) is 0 Å². The minimum atomic E-state index is 0. The molecule has 3 rings (SSSR count). The van der Waals surface area contributed by atoms with Crippen LogP contribution in [0, 0.1) is 5.92 Å². The molecule has 1 aromatic rings. The molecule has 1 aromatic carbocycles. The van der Waals surface area contributed by atoms with Gasteiger partial charge in [0.15, 0.2) is 17.5 Å². The van der Waals surface area contributed by atoms with Crippen molar-refractivity contribution in [2.45, 2.75) is 20.3 Å². The first-order valence-corrected chi connectivity index (χ1v) is 9.99. The number of fused-ring (bicyclic) bond motifs is 1. The second kappa shape index (κ2) is 12.3. The highest BCUT2D eigenvalue weighted by Crippen LogP contribution is 2.32. The third-order valence-electron chi connectivity index (χ3n) is 4.59. The Labute approximate surface area is 185 Å². The fraction of sp³-hybridized carbons (Fsp3) is 0.650. The van der Waals surface area contributed by atoms with Crippen LogP contribution in [0.4, 0.5) is 5.69 Å². The SMILES string of the molecule is CCNC(=NCC(C)CN1CCOCC1)Nc1ccc2c(c1)OCCCO2.I. The zero-order valence-electron chi connectivity index (χ0n) is 16.9.